The zero-order valence-corrected chi connectivity index (χ0v) is 18.4. The van der Waals surface area contributed by atoms with Crippen molar-refractivity contribution in [2.24, 2.45) is 5.10 Å². The van der Waals surface area contributed by atoms with Crippen LogP contribution in [0.4, 0.5) is 0 Å². The fraction of sp³-hybridized carbons (Fsp3) is 0.120. The summed E-state index contributed by atoms with van der Waals surface area (Å²) in [6.07, 6.45) is 0. The Labute approximate surface area is 185 Å². The molecule has 31 heavy (non-hydrogen) atoms. The van der Waals surface area contributed by atoms with Gasteiger partial charge in [0.1, 0.15) is 5.75 Å². The summed E-state index contributed by atoms with van der Waals surface area (Å²) < 4.78 is 2.09. The number of phenols is 1. The van der Waals surface area contributed by atoms with E-state index in [4.69, 9.17) is 0 Å². The highest BCUT2D eigenvalue weighted by Crippen LogP contribution is 2.27. The summed E-state index contributed by atoms with van der Waals surface area (Å²) in [5.74, 6) is -0.222. The predicted molar refractivity (Wildman–Crippen MR) is 124 cm³/mol. The van der Waals surface area contributed by atoms with E-state index in [1.165, 1.54) is 29.0 Å². The molecule has 4 rings (SSSR count). The average Bonchev–Trinajstić information content (AvgIpc) is 3.16. The molecule has 0 aliphatic carbocycles. The lowest BCUT2D eigenvalue weighted by Gasteiger charge is -2.15. The molecule has 6 heteroatoms. The molecule has 0 unspecified atom stereocenters. The summed E-state index contributed by atoms with van der Waals surface area (Å²) >= 11 is 1.47. The zero-order valence-electron chi connectivity index (χ0n) is 17.6. The molecule has 2 N–H and O–H groups in total. The maximum atomic E-state index is 12.5. The van der Waals surface area contributed by atoms with Crippen molar-refractivity contribution >= 4 is 17.2 Å². The molecular weight excluding hydrogens is 406 g/mol. The van der Waals surface area contributed by atoms with Gasteiger partial charge in [-0.1, -0.05) is 48.0 Å². The minimum Gasteiger partial charge on any atom is -0.508 e. The first-order valence-electron chi connectivity index (χ1n) is 9.91. The number of carbonyl (C=O) groups is 1. The summed E-state index contributed by atoms with van der Waals surface area (Å²) in [5.41, 5.74) is 9.67. The van der Waals surface area contributed by atoms with Gasteiger partial charge in [0, 0.05) is 10.9 Å². The number of nitrogens with one attached hydrogen (secondary N) is 1. The molecule has 0 saturated carbocycles. The van der Waals surface area contributed by atoms with Crippen molar-refractivity contribution in [1.29, 1.82) is 0 Å². The Morgan fingerprint density at radius 2 is 1.58 bits per heavy atom. The normalized spacial score (nSPS) is 11.5. The maximum absolute atomic E-state index is 12.5. The van der Waals surface area contributed by atoms with Crippen LogP contribution in [-0.4, -0.2) is 15.6 Å². The number of para-hydroxylation sites is 1. The van der Waals surface area contributed by atoms with Crippen LogP contribution in [0, 0.1) is 20.8 Å². The average molecular weight is 430 g/mol. The smallest absolute Gasteiger partial charge is 0.271 e. The van der Waals surface area contributed by atoms with Gasteiger partial charge in [0.25, 0.3) is 5.91 Å². The highest BCUT2D eigenvalue weighted by Gasteiger charge is 2.14. The van der Waals surface area contributed by atoms with Crippen molar-refractivity contribution in [2.75, 3.05) is 0 Å². The number of amides is 1. The Bertz CT molecular complexity index is 1280. The molecule has 0 spiro atoms. The largest absolute Gasteiger partial charge is 0.508 e. The first-order chi connectivity index (χ1) is 14.9. The Balaban J connectivity index is 1.83. The molecule has 1 heterocycles. The van der Waals surface area contributed by atoms with Gasteiger partial charge in [0.15, 0.2) is 0 Å². The highest BCUT2D eigenvalue weighted by molar-refractivity contribution is 7.07. The van der Waals surface area contributed by atoms with E-state index in [9.17, 15) is 9.90 Å². The number of rotatable bonds is 4. The van der Waals surface area contributed by atoms with Gasteiger partial charge >= 0.3 is 0 Å². The van der Waals surface area contributed by atoms with Crippen LogP contribution in [0.3, 0.4) is 0 Å². The van der Waals surface area contributed by atoms with Crippen molar-refractivity contribution in [1.82, 2.24) is 9.99 Å². The Hall–Kier alpha value is -3.64. The van der Waals surface area contributed by atoms with Crippen LogP contribution in [0.1, 0.15) is 27.0 Å². The molecule has 1 amide bonds. The fourth-order valence-corrected chi connectivity index (χ4v) is 4.32. The minimum absolute atomic E-state index is 0.113. The van der Waals surface area contributed by atoms with Crippen LogP contribution >= 0.6 is 11.3 Å². The molecule has 0 atom stereocenters. The van der Waals surface area contributed by atoms with Gasteiger partial charge in [-0.25, -0.2) is 5.43 Å². The van der Waals surface area contributed by atoms with Crippen LogP contribution in [0.2, 0.25) is 0 Å². The Kier molecular flexibility index (Phi) is 5.73. The van der Waals surface area contributed by atoms with Crippen molar-refractivity contribution < 1.29 is 9.90 Å². The molecular formula is C25H23N3O2S. The van der Waals surface area contributed by atoms with E-state index in [1.807, 2.05) is 6.07 Å². The molecule has 3 aromatic carbocycles. The number of thiazole rings is 1. The molecule has 5 nitrogen and oxygen atoms in total. The molecule has 0 bridgehead atoms. The molecule has 0 fully saturated rings. The van der Waals surface area contributed by atoms with Crippen LogP contribution in [-0.2, 0) is 0 Å². The molecule has 4 aromatic rings. The third kappa shape index (κ3) is 4.29. The van der Waals surface area contributed by atoms with Crippen molar-refractivity contribution in [3.05, 3.63) is 99.2 Å². The number of carbonyl (C=O) groups excluding carboxylic acids is 1. The van der Waals surface area contributed by atoms with Crippen molar-refractivity contribution in [2.45, 2.75) is 20.8 Å². The summed E-state index contributed by atoms with van der Waals surface area (Å²) in [6, 6.07) is 20.6. The van der Waals surface area contributed by atoms with Crippen molar-refractivity contribution in [3.63, 3.8) is 0 Å². The monoisotopic (exact) mass is 429 g/mol. The second-order valence-electron chi connectivity index (χ2n) is 7.44. The van der Waals surface area contributed by atoms with E-state index in [0.717, 1.165) is 28.1 Å². The van der Waals surface area contributed by atoms with E-state index in [-0.39, 0.29) is 11.7 Å². The third-order valence-corrected chi connectivity index (χ3v) is 5.93. The topological polar surface area (TPSA) is 66.6 Å². The van der Waals surface area contributed by atoms with Crippen LogP contribution < -0.4 is 10.2 Å². The highest BCUT2D eigenvalue weighted by atomic mass is 32.1. The van der Waals surface area contributed by atoms with E-state index in [2.05, 4.69) is 77.6 Å². The molecule has 0 radical (unpaired) electrons. The molecule has 0 aliphatic heterocycles. The Morgan fingerprint density at radius 3 is 2.23 bits per heavy atom. The summed E-state index contributed by atoms with van der Waals surface area (Å²) in [5, 5.41) is 15.9. The second kappa shape index (κ2) is 8.62. The second-order valence-corrected chi connectivity index (χ2v) is 8.28. The van der Waals surface area contributed by atoms with E-state index in [1.54, 1.807) is 12.1 Å². The van der Waals surface area contributed by atoms with Crippen LogP contribution in [0.15, 0.2) is 77.2 Å². The van der Waals surface area contributed by atoms with Crippen LogP contribution in [0.25, 0.3) is 16.9 Å². The van der Waals surface area contributed by atoms with E-state index >= 15 is 0 Å². The number of hydrogen-bond donors (Lipinski definition) is 2. The van der Waals surface area contributed by atoms with Gasteiger partial charge in [-0.3, -0.25) is 9.36 Å². The Morgan fingerprint density at radius 1 is 0.935 bits per heavy atom. The number of hydrogen-bond acceptors (Lipinski definition) is 4. The minimum atomic E-state index is -0.335. The lowest BCUT2D eigenvalue weighted by molar-refractivity contribution is 0.0953. The quantitative estimate of drug-likeness (QED) is 0.444. The first-order valence-corrected chi connectivity index (χ1v) is 10.8. The van der Waals surface area contributed by atoms with Gasteiger partial charge in [0.2, 0.25) is 4.80 Å². The standard InChI is InChI=1S/C25H23N3O2S/c1-16-7-9-19(10-8-16)22-15-31-25(28(22)23-17(2)5-4-6-18(23)3)27-26-24(30)20-11-13-21(29)14-12-20/h4-15,29H,1-3H3,(H,26,30)/b27-25-. The summed E-state index contributed by atoms with van der Waals surface area (Å²) in [4.78, 5) is 13.2. The lowest BCUT2D eigenvalue weighted by atomic mass is 10.1. The number of aryl methyl sites for hydroxylation is 3. The van der Waals surface area contributed by atoms with Gasteiger partial charge in [-0.05, 0) is 61.7 Å². The van der Waals surface area contributed by atoms with Crippen LogP contribution in [0.5, 0.6) is 5.75 Å². The lowest BCUT2D eigenvalue weighted by Crippen LogP contribution is -2.24. The summed E-state index contributed by atoms with van der Waals surface area (Å²) in [6.45, 7) is 6.21. The van der Waals surface area contributed by atoms with Gasteiger partial charge in [-0.2, -0.15) is 0 Å². The van der Waals surface area contributed by atoms with E-state index < -0.39 is 0 Å². The number of nitrogens with zero attached hydrogens (tertiary/aromatic N) is 2. The van der Waals surface area contributed by atoms with Gasteiger partial charge < -0.3 is 5.11 Å². The zero-order chi connectivity index (χ0) is 22.0. The number of phenolic OH excluding ortho intramolecular Hbond substituents is 1. The molecule has 1 aromatic heterocycles. The molecule has 0 aliphatic rings. The maximum Gasteiger partial charge on any atom is 0.271 e. The number of aromatic nitrogens is 1. The van der Waals surface area contributed by atoms with E-state index in [0.29, 0.717) is 10.4 Å². The molecule has 156 valence electrons. The summed E-state index contributed by atoms with van der Waals surface area (Å²) in [7, 11) is 0. The number of benzene rings is 3. The first kappa shape index (κ1) is 20.6. The van der Waals surface area contributed by atoms with Crippen molar-refractivity contribution in [3.8, 4) is 22.7 Å². The fourth-order valence-electron chi connectivity index (χ4n) is 3.47. The third-order valence-electron chi connectivity index (χ3n) is 5.10. The van der Waals surface area contributed by atoms with Gasteiger partial charge in [0.05, 0.1) is 11.4 Å². The van der Waals surface area contributed by atoms with Gasteiger partial charge in [-0.15, -0.1) is 16.4 Å². The SMILES string of the molecule is Cc1ccc(-c2cs/c(=N\NC(=O)c3ccc(O)cc3)n2-c2c(C)cccc2C)cc1. The predicted octanol–water partition coefficient (Wildman–Crippen LogP) is 5.08. The molecule has 0 saturated heterocycles. The number of aromatic hydroxyl groups is 1.